The number of hydrogen-bond acceptors (Lipinski definition) is 4. The van der Waals surface area contributed by atoms with E-state index in [1.807, 2.05) is 0 Å². The van der Waals surface area contributed by atoms with Crippen LogP contribution in [0.4, 0.5) is 27.8 Å². The van der Waals surface area contributed by atoms with Crippen molar-refractivity contribution in [1.29, 1.82) is 0 Å². The number of pyridine rings is 1. The van der Waals surface area contributed by atoms with E-state index in [-0.39, 0.29) is 5.39 Å². The van der Waals surface area contributed by atoms with Crippen LogP contribution in [-0.4, -0.2) is 58.5 Å². The van der Waals surface area contributed by atoms with Gasteiger partial charge in [-0.3, -0.25) is 10.00 Å². The molecule has 2 aromatic heterocycles. The third-order valence-electron chi connectivity index (χ3n) is 5.98. The minimum Gasteiger partial charge on any atom is -0.352 e. The van der Waals surface area contributed by atoms with Gasteiger partial charge in [0.15, 0.2) is 5.82 Å². The van der Waals surface area contributed by atoms with E-state index in [2.05, 4.69) is 25.0 Å². The molecule has 3 aromatic rings. The van der Waals surface area contributed by atoms with Crippen LogP contribution in [0.3, 0.4) is 0 Å². The van der Waals surface area contributed by atoms with Crippen LogP contribution in [0.2, 0.25) is 0 Å². The number of halogens is 5. The first-order valence-electron chi connectivity index (χ1n) is 9.46. The van der Waals surface area contributed by atoms with Crippen LogP contribution >= 0.6 is 0 Å². The van der Waals surface area contributed by atoms with Gasteiger partial charge < -0.3 is 4.90 Å². The molecule has 2 saturated heterocycles. The van der Waals surface area contributed by atoms with E-state index in [4.69, 9.17) is 0 Å². The molecular formula is C19H18F5N5. The van der Waals surface area contributed by atoms with Crippen LogP contribution < -0.4 is 4.90 Å². The van der Waals surface area contributed by atoms with Crippen molar-refractivity contribution in [3.63, 3.8) is 0 Å². The van der Waals surface area contributed by atoms with Gasteiger partial charge in [0.25, 0.3) is 0 Å². The summed E-state index contributed by atoms with van der Waals surface area (Å²) in [6.07, 6.45) is -1.93. The lowest BCUT2D eigenvalue weighted by molar-refractivity contribution is -0.289. The highest BCUT2D eigenvalue weighted by atomic mass is 19.4. The Kier molecular flexibility index (Phi) is 4.00. The first-order valence-corrected chi connectivity index (χ1v) is 9.46. The van der Waals surface area contributed by atoms with Gasteiger partial charge in [-0.05, 0) is 31.5 Å². The lowest BCUT2D eigenvalue weighted by Crippen LogP contribution is -2.50. The number of aromatic nitrogens is 3. The zero-order valence-corrected chi connectivity index (χ0v) is 15.3. The van der Waals surface area contributed by atoms with Crippen LogP contribution in [-0.2, 0) is 5.92 Å². The van der Waals surface area contributed by atoms with Gasteiger partial charge in [0, 0.05) is 42.0 Å². The molecular weight excluding hydrogens is 393 g/mol. The number of hydrogen-bond donors (Lipinski definition) is 1. The molecule has 5 nitrogen and oxygen atoms in total. The number of nitrogens with one attached hydrogen (secondary N) is 1. The van der Waals surface area contributed by atoms with E-state index in [0.717, 1.165) is 44.7 Å². The molecule has 2 aliphatic heterocycles. The number of benzene rings is 1. The van der Waals surface area contributed by atoms with Crippen LogP contribution in [0.1, 0.15) is 18.4 Å². The molecule has 154 valence electrons. The smallest absolute Gasteiger partial charge is 0.352 e. The summed E-state index contributed by atoms with van der Waals surface area (Å²) in [6.45, 7) is 3.58. The van der Waals surface area contributed by atoms with E-state index >= 15 is 0 Å². The molecule has 0 amide bonds. The molecule has 0 saturated carbocycles. The summed E-state index contributed by atoms with van der Waals surface area (Å²) in [5.41, 5.74) is -0.185. The predicted molar refractivity (Wildman–Crippen MR) is 98.2 cm³/mol. The van der Waals surface area contributed by atoms with Gasteiger partial charge in [0.05, 0.1) is 11.7 Å². The van der Waals surface area contributed by atoms with Crippen molar-refractivity contribution in [2.45, 2.75) is 31.0 Å². The van der Waals surface area contributed by atoms with E-state index in [0.29, 0.717) is 28.3 Å². The van der Waals surface area contributed by atoms with Crippen LogP contribution in [0.5, 0.6) is 0 Å². The second-order valence-corrected chi connectivity index (χ2v) is 7.68. The van der Waals surface area contributed by atoms with E-state index < -0.39 is 17.7 Å². The summed E-state index contributed by atoms with van der Waals surface area (Å²) in [6, 6.07) is 3.35. The Morgan fingerprint density at radius 2 is 1.86 bits per heavy atom. The predicted octanol–water partition coefficient (Wildman–Crippen LogP) is 4.05. The topological polar surface area (TPSA) is 48.1 Å². The molecule has 0 spiro atoms. The van der Waals surface area contributed by atoms with Gasteiger partial charge in [0.2, 0.25) is 0 Å². The van der Waals surface area contributed by atoms with Crippen LogP contribution in [0.25, 0.3) is 21.8 Å². The molecule has 10 heteroatoms. The zero-order valence-electron chi connectivity index (χ0n) is 15.3. The minimum atomic E-state index is -5.66. The molecule has 5 rings (SSSR count). The third-order valence-corrected chi connectivity index (χ3v) is 5.98. The van der Waals surface area contributed by atoms with Gasteiger partial charge in [-0.15, -0.1) is 0 Å². The van der Waals surface area contributed by atoms with Gasteiger partial charge in [-0.2, -0.15) is 27.1 Å². The molecule has 1 atom stereocenters. The molecule has 4 heterocycles. The molecule has 0 bridgehead atoms. The fraction of sp³-hybridized carbons (Fsp3) is 0.474. The molecule has 1 unspecified atom stereocenters. The van der Waals surface area contributed by atoms with E-state index in [1.165, 1.54) is 18.7 Å². The Labute approximate surface area is 162 Å². The Hall–Kier alpha value is -2.49. The number of anilines is 1. The van der Waals surface area contributed by atoms with Gasteiger partial charge in [0.1, 0.15) is 5.52 Å². The number of aromatic amines is 1. The number of nitrogens with zero attached hydrogens (tertiary/aromatic N) is 4. The van der Waals surface area contributed by atoms with Gasteiger partial charge in [-0.1, -0.05) is 6.07 Å². The Balaban J connectivity index is 1.61. The molecule has 1 aromatic carbocycles. The highest BCUT2D eigenvalue weighted by molar-refractivity contribution is 6.08. The summed E-state index contributed by atoms with van der Waals surface area (Å²) in [7, 11) is 0. The first kappa shape index (κ1) is 18.5. The maximum absolute atomic E-state index is 13.8. The third kappa shape index (κ3) is 2.84. The quantitative estimate of drug-likeness (QED) is 0.647. The Bertz CT molecular complexity index is 1080. The highest BCUT2D eigenvalue weighted by Gasteiger charge is 2.58. The summed E-state index contributed by atoms with van der Waals surface area (Å²) in [4.78, 5) is 9.20. The van der Waals surface area contributed by atoms with Crippen molar-refractivity contribution >= 4 is 27.6 Å². The molecule has 0 radical (unpaired) electrons. The van der Waals surface area contributed by atoms with E-state index in [9.17, 15) is 22.0 Å². The summed E-state index contributed by atoms with van der Waals surface area (Å²) < 4.78 is 66.0. The second-order valence-electron chi connectivity index (χ2n) is 7.68. The highest BCUT2D eigenvalue weighted by Crippen LogP contribution is 2.45. The largest absolute Gasteiger partial charge is 0.458 e. The standard InChI is InChI=1S/C19H18F5N5/c20-18(21,19(22,23)24)11-3-4-15-13(8-11)14-9-25-27-16(14)17(26-15)29-7-6-28-5-1-2-12(28)10-29/h3-4,8-9,12H,1-2,5-7,10H2,(H,25,27). The monoisotopic (exact) mass is 411 g/mol. The number of piperazine rings is 1. The van der Waals surface area contributed by atoms with Crippen LogP contribution in [0, 0.1) is 0 Å². The molecule has 2 fully saturated rings. The number of H-pyrrole nitrogens is 1. The second kappa shape index (κ2) is 6.25. The number of fused-ring (bicyclic) bond motifs is 4. The number of rotatable bonds is 2. The number of alkyl halides is 5. The minimum absolute atomic E-state index is 0.221. The molecule has 1 N–H and O–H groups in total. The fourth-order valence-corrected chi connectivity index (χ4v) is 4.45. The molecule has 2 aliphatic rings. The van der Waals surface area contributed by atoms with Crippen LogP contribution in [0.15, 0.2) is 24.4 Å². The SMILES string of the molecule is FC(F)(F)C(F)(F)c1ccc2nc(N3CCN4CCCC4C3)c3[nH]ncc3c2c1. The van der Waals surface area contributed by atoms with Gasteiger partial charge >= 0.3 is 12.1 Å². The summed E-state index contributed by atoms with van der Waals surface area (Å²) in [5, 5.41) is 7.56. The lowest BCUT2D eigenvalue weighted by Gasteiger charge is -2.38. The average Bonchev–Trinajstić information content (AvgIpc) is 3.34. The van der Waals surface area contributed by atoms with Crippen molar-refractivity contribution in [2.75, 3.05) is 31.1 Å². The van der Waals surface area contributed by atoms with Crippen molar-refractivity contribution in [3.8, 4) is 0 Å². The van der Waals surface area contributed by atoms with E-state index in [1.54, 1.807) is 0 Å². The lowest BCUT2D eigenvalue weighted by atomic mass is 10.0. The maximum atomic E-state index is 13.8. The summed E-state index contributed by atoms with van der Waals surface area (Å²) in [5.74, 6) is -4.28. The normalized spacial score (nSPS) is 21.3. The Morgan fingerprint density at radius 3 is 2.66 bits per heavy atom. The first-order chi connectivity index (χ1) is 13.8. The Morgan fingerprint density at radius 1 is 1.03 bits per heavy atom. The molecule has 0 aliphatic carbocycles. The zero-order chi connectivity index (χ0) is 20.4. The van der Waals surface area contributed by atoms with Crippen molar-refractivity contribution in [2.24, 2.45) is 0 Å². The molecule has 29 heavy (non-hydrogen) atoms. The summed E-state index contributed by atoms with van der Waals surface area (Å²) >= 11 is 0. The van der Waals surface area contributed by atoms with Crippen molar-refractivity contribution in [3.05, 3.63) is 30.0 Å². The average molecular weight is 411 g/mol. The fourth-order valence-electron chi connectivity index (χ4n) is 4.45. The maximum Gasteiger partial charge on any atom is 0.458 e. The van der Waals surface area contributed by atoms with Gasteiger partial charge in [-0.25, -0.2) is 4.98 Å². The van der Waals surface area contributed by atoms with Crippen molar-refractivity contribution in [1.82, 2.24) is 20.1 Å². The van der Waals surface area contributed by atoms with Crippen molar-refractivity contribution < 1.29 is 22.0 Å².